The summed E-state index contributed by atoms with van der Waals surface area (Å²) in [7, 11) is 8.79. The fourth-order valence-electron chi connectivity index (χ4n) is 4.01. The number of ether oxygens (including phenoxy) is 6. The second kappa shape index (κ2) is 31.6. The van der Waals surface area contributed by atoms with Crippen LogP contribution >= 0.6 is 36.2 Å². The first-order valence-electron chi connectivity index (χ1n) is 17.8. The Balaban J connectivity index is 0.000000426. The van der Waals surface area contributed by atoms with Crippen LogP contribution in [0.2, 0.25) is 0 Å². The molecule has 0 aliphatic heterocycles. The predicted molar refractivity (Wildman–Crippen MR) is 234 cm³/mol. The molecule has 0 atom stereocenters. The molecule has 0 unspecified atom stereocenters. The van der Waals surface area contributed by atoms with Crippen molar-refractivity contribution in [3.05, 3.63) is 88.8 Å². The molecule has 56 heavy (non-hydrogen) atoms. The zero-order valence-electron chi connectivity index (χ0n) is 34.2. The van der Waals surface area contributed by atoms with Gasteiger partial charge in [0.2, 0.25) is 0 Å². The number of rotatable bonds is 22. The Labute approximate surface area is 348 Å². The van der Waals surface area contributed by atoms with Crippen molar-refractivity contribution in [2.24, 2.45) is 9.98 Å². The Morgan fingerprint density at radius 2 is 1.02 bits per heavy atom. The van der Waals surface area contributed by atoms with Crippen molar-refractivity contribution in [3.63, 3.8) is 0 Å². The highest BCUT2D eigenvalue weighted by molar-refractivity contribution is 8.22. The van der Waals surface area contributed by atoms with Crippen LogP contribution in [0.25, 0.3) is 0 Å². The van der Waals surface area contributed by atoms with Gasteiger partial charge in [0.1, 0.15) is 5.69 Å². The number of nitrogens with zero attached hydrogens (tertiary/aromatic N) is 6. The first-order chi connectivity index (χ1) is 26.9. The Kier molecular flexibility index (Phi) is 28.5. The largest absolute Gasteiger partial charge is 0.382 e. The summed E-state index contributed by atoms with van der Waals surface area (Å²) >= 11 is 11.9. The molecule has 3 heterocycles. The summed E-state index contributed by atoms with van der Waals surface area (Å²) in [4.78, 5) is 35.3. The van der Waals surface area contributed by atoms with Crippen LogP contribution < -0.4 is 0 Å². The van der Waals surface area contributed by atoms with E-state index in [0.29, 0.717) is 78.2 Å². The van der Waals surface area contributed by atoms with E-state index in [1.165, 1.54) is 6.92 Å². The molecule has 0 bridgehead atoms. The molecule has 16 heteroatoms. The summed E-state index contributed by atoms with van der Waals surface area (Å²) in [6, 6.07) is 11.4. The lowest BCUT2D eigenvalue weighted by Crippen LogP contribution is -2.22. The SMILES string of the molecule is COCCOCc1ccnc(C(C)=NCC(=S)N(C)C)c1.COCCOCc1ccnc(C(C)=NCC(=S)SC)c1.COCCOCc1ccnc(C(C)=O)c1. The maximum Gasteiger partial charge on any atom is 0.178 e. The molecule has 3 aromatic heterocycles. The first-order valence-corrected chi connectivity index (χ1v) is 19.8. The average molecular weight is 831 g/mol. The zero-order valence-corrected chi connectivity index (χ0v) is 36.7. The molecular weight excluding hydrogens is 773 g/mol. The molecule has 13 nitrogen and oxygen atoms in total. The highest BCUT2D eigenvalue weighted by atomic mass is 32.2. The first kappa shape index (κ1) is 50.6. The standard InChI is InChI=1S/C15H23N3O2S.C14H20N2O2S2.C11H15NO3/c1-12(17-10-15(21)18(2)3)14-9-13(5-6-16-14)11-20-8-7-19-4;1-11(16-9-14(19)20-3)13-8-12(4-5-15-13)10-18-7-6-17-2;1-9(13)11-7-10(3-4-12-11)8-15-6-5-14-2/h5-6,9H,7-8,10-11H2,1-4H3;4-5,8H,6-7,9-10H2,1-3H3;3-4,7H,5-6,8H2,1-2H3. The number of Topliss-reactive ketones (excluding diaryl/α,β-unsaturated/α-hetero) is 1. The van der Waals surface area contributed by atoms with E-state index in [4.69, 9.17) is 52.9 Å². The molecule has 0 spiro atoms. The smallest absolute Gasteiger partial charge is 0.178 e. The van der Waals surface area contributed by atoms with Crippen molar-refractivity contribution in [1.82, 2.24) is 19.9 Å². The molecule has 3 rings (SSSR count). The number of likely N-dealkylation sites (N-methyl/N-ethyl adjacent to an activating group) is 1. The Morgan fingerprint density at radius 3 is 1.38 bits per heavy atom. The number of methoxy groups -OCH3 is 3. The third-order valence-corrected chi connectivity index (χ3v) is 9.01. The van der Waals surface area contributed by atoms with Gasteiger partial charge in [-0.2, -0.15) is 0 Å². The Hall–Kier alpha value is -3.45. The number of thioether (sulfide) groups is 1. The molecule has 0 aromatic carbocycles. The summed E-state index contributed by atoms with van der Waals surface area (Å²) in [6.07, 6.45) is 7.12. The fraction of sp³-hybridized carbons (Fsp3) is 0.500. The lowest BCUT2D eigenvalue weighted by atomic mass is 10.2. The van der Waals surface area contributed by atoms with Crippen molar-refractivity contribution in [2.45, 2.75) is 40.6 Å². The number of hydrogen-bond acceptors (Lipinski definition) is 15. The van der Waals surface area contributed by atoms with Crippen LogP contribution in [0.1, 0.15) is 59.3 Å². The van der Waals surface area contributed by atoms with E-state index in [1.54, 1.807) is 57.7 Å². The Bertz CT molecular complexity index is 1660. The van der Waals surface area contributed by atoms with E-state index in [9.17, 15) is 4.79 Å². The van der Waals surface area contributed by atoms with Gasteiger partial charge in [0.05, 0.1) is 105 Å². The average Bonchev–Trinajstić information content (AvgIpc) is 3.21. The topological polar surface area (TPSA) is 139 Å². The van der Waals surface area contributed by atoms with Crippen LogP contribution in [-0.4, -0.2) is 141 Å². The third-order valence-electron chi connectivity index (χ3n) is 7.30. The molecule has 0 radical (unpaired) electrons. The van der Waals surface area contributed by atoms with Gasteiger partial charge in [0.25, 0.3) is 0 Å². The minimum Gasteiger partial charge on any atom is -0.382 e. The van der Waals surface area contributed by atoms with Gasteiger partial charge in [-0.25, -0.2) is 0 Å². The number of aromatic nitrogens is 3. The lowest BCUT2D eigenvalue weighted by Gasteiger charge is -2.11. The summed E-state index contributed by atoms with van der Waals surface area (Å²) in [6.45, 7) is 11.5. The maximum absolute atomic E-state index is 11.1. The van der Waals surface area contributed by atoms with E-state index >= 15 is 0 Å². The van der Waals surface area contributed by atoms with E-state index in [2.05, 4.69) is 24.9 Å². The third kappa shape index (κ3) is 23.6. The van der Waals surface area contributed by atoms with Gasteiger partial charge in [-0.3, -0.25) is 29.7 Å². The quantitative estimate of drug-likeness (QED) is 0.0496. The zero-order chi connectivity index (χ0) is 41.6. The number of carbonyl (C=O) groups is 1. The summed E-state index contributed by atoms with van der Waals surface area (Å²) in [5, 5.41) is 0. The monoisotopic (exact) mass is 830 g/mol. The van der Waals surface area contributed by atoms with Crippen LogP contribution in [0, 0.1) is 0 Å². The van der Waals surface area contributed by atoms with Crippen molar-refractivity contribution < 1.29 is 33.2 Å². The number of thiocarbonyl (C=S) groups is 2. The summed E-state index contributed by atoms with van der Waals surface area (Å²) < 4.78 is 31.9. The fourth-order valence-corrected chi connectivity index (χ4v) is 4.34. The number of hydrogen-bond donors (Lipinski definition) is 0. The molecule has 0 saturated heterocycles. The molecule has 0 amide bonds. The van der Waals surface area contributed by atoms with E-state index < -0.39 is 0 Å². The van der Waals surface area contributed by atoms with Crippen LogP contribution in [0.4, 0.5) is 0 Å². The van der Waals surface area contributed by atoms with Crippen molar-refractivity contribution >= 4 is 62.6 Å². The summed E-state index contributed by atoms with van der Waals surface area (Å²) in [5.41, 5.74) is 7.05. The lowest BCUT2D eigenvalue weighted by molar-refractivity contribution is 0.0616. The van der Waals surface area contributed by atoms with Crippen molar-refractivity contribution in [1.29, 1.82) is 0 Å². The predicted octanol–water partition coefficient (Wildman–Crippen LogP) is 6.13. The molecule has 0 aliphatic rings. The molecule has 0 aliphatic carbocycles. The normalized spacial score (nSPS) is 11.2. The number of aliphatic imine (C=N–C) groups is 2. The summed E-state index contributed by atoms with van der Waals surface area (Å²) in [5.74, 6) is -0.0336. The number of carbonyl (C=O) groups excluding carboxylic acids is 1. The molecular formula is C40H58N6O7S3. The highest BCUT2D eigenvalue weighted by Gasteiger charge is 2.05. The molecule has 0 N–H and O–H groups in total. The van der Waals surface area contributed by atoms with Gasteiger partial charge in [0, 0.05) is 60.9 Å². The molecule has 0 saturated carbocycles. The van der Waals surface area contributed by atoms with Gasteiger partial charge < -0.3 is 33.3 Å². The van der Waals surface area contributed by atoms with Gasteiger partial charge in [-0.05, 0) is 73.2 Å². The van der Waals surface area contributed by atoms with Crippen molar-refractivity contribution in [2.75, 3.05) is 94.4 Å². The highest BCUT2D eigenvalue weighted by Crippen LogP contribution is 2.08. The van der Waals surface area contributed by atoms with Gasteiger partial charge in [0.15, 0.2) is 5.78 Å². The van der Waals surface area contributed by atoms with Crippen LogP contribution in [0.5, 0.6) is 0 Å². The van der Waals surface area contributed by atoms with Crippen LogP contribution in [0.3, 0.4) is 0 Å². The molecule has 0 fully saturated rings. The Morgan fingerprint density at radius 1 is 0.643 bits per heavy atom. The second-order valence-corrected chi connectivity index (χ2v) is 14.1. The van der Waals surface area contributed by atoms with Crippen LogP contribution in [0.15, 0.2) is 65.0 Å². The van der Waals surface area contributed by atoms with Gasteiger partial charge in [-0.1, -0.05) is 24.4 Å². The van der Waals surface area contributed by atoms with Crippen molar-refractivity contribution in [3.8, 4) is 0 Å². The van der Waals surface area contributed by atoms with Crippen LogP contribution in [-0.2, 0) is 48.2 Å². The maximum atomic E-state index is 11.1. The van der Waals surface area contributed by atoms with Gasteiger partial charge >= 0.3 is 0 Å². The second-order valence-electron chi connectivity index (χ2n) is 12.0. The molecule has 3 aromatic rings. The van der Waals surface area contributed by atoms with E-state index in [0.717, 1.165) is 48.7 Å². The molecule has 308 valence electrons. The van der Waals surface area contributed by atoms with E-state index in [1.807, 2.05) is 69.4 Å². The van der Waals surface area contributed by atoms with E-state index in [-0.39, 0.29) is 5.78 Å². The minimum atomic E-state index is -0.0336. The van der Waals surface area contributed by atoms with Gasteiger partial charge in [-0.15, -0.1) is 11.8 Å². The minimum absolute atomic E-state index is 0.0336. The number of pyridine rings is 3. The number of ketones is 1.